The summed E-state index contributed by atoms with van der Waals surface area (Å²) in [5.41, 5.74) is 7.60. The van der Waals surface area contributed by atoms with Crippen LogP contribution in [0, 0.1) is 11.6 Å². The molecule has 0 heterocycles. The lowest BCUT2D eigenvalue weighted by Crippen LogP contribution is -2.14. The molecule has 0 spiro atoms. The molecule has 0 aromatic heterocycles. The fourth-order valence-corrected chi connectivity index (χ4v) is 2.37. The number of hydrogen-bond donors (Lipinski definition) is 1. The highest BCUT2D eigenvalue weighted by Gasteiger charge is 2.13. The van der Waals surface area contributed by atoms with Crippen LogP contribution in [0.1, 0.15) is 17.2 Å². The van der Waals surface area contributed by atoms with Crippen LogP contribution < -0.4 is 10.5 Å². The summed E-state index contributed by atoms with van der Waals surface area (Å²) in [4.78, 5) is 0. The van der Waals surface area contributed by atoms with Crippen LogP contribution in [0.3, 0.4) is 0 Å². The van der Waals surface area contributed by atoms with Gasteiger partial charge in [-0.3, -0.25) is 0 Å². The summed E-state index contributed by atoms with van der Waals surface area (Å²) in [6, 6.07) is 8.56. The van der Waals surface area contributed by atoms with Crippen molar-refractivity contribution in [1.82, 2.24) is 0 Å². The lowest BCUT2D eigenvalue weighted by atomic mass is 9.99. The molecule has 5 heteroatoms. The molecule has 2 aromatic carbocycles. The van der Waals surface area contributed by atoms with Crippen molar-refractivity contribution >= 4 is 15.9 Å². The van der Waals surface area contributed by atoms with Gasteiger partial charge in [0.05, 0.1) is 7.11 Å². The largest absolute Gasteiger partial charge is 0.494 e. The summed E-state index contributed by atoms with van der Waals surface area (Å²) >= 11 is 3.36. The van der Waals surface area contributed by atoms with Gasteiger partial charge in [0, 0.05) is 10.5 Å². The Balaban J connectivity index is 2.23. The summed E-state index contributed by atoms with van der Waals surface area (Å²) in [5, 5.41) is 0. The van der Waals surface area contributed by atoms with Crippen molar-refractivity contribution in [3.8, 4) is 5.75 Å². The number of ether oxygens (including phenoxy) is 1. The maximum atomic E-state index is 13.4. The molecular weight excluding hydrogens is 328 g/mol. The fraction of sp³-hybridized carbons (Fsp3) is 0.200. The fourth-order valence-electron chi connectivity index (χ4n) is 1.96. The third-order valence-corrected chi connectivity index (χ3v) is 3.82. The van der Waals surface area contributed by atoms with Crippen molar-refractivity contribution in [2.24, 2.45) is 5.73 Å². The van der Waals surface area contributed by atoms with Crippen LogP contribution in [0.2, 0.25) is 0 Å². The van der Waals surface area contributed by atoms with Gasteiger partial charge in [0.1, 0.15) is 5.82 Å². The highest BCUT2D eigenvalue weighted by Crippen LogP contribution is 2.26. The normalized spacial score (nSPS) is 12.2. The number of rotatable bonds is 4. The van der Waals surface area contributed by atoms with Crippen LogP contribution in [0.4, 0.5) is 8.78 Å². The Labute approximate surface area is 124 Å². The van der Waals surface area contributed by atoms with Crippen LogP contribution in [-0.4, -0.2) is 7.11 Å². The van der Waals surface area contributed by atoms with Gasteiger partial charge in [0.25, 0.3) is 0 Å². The topological polar surface area (TPSA) is 35.2 Å². The first-order valence-electron chi connectivity index (χ1n) is 6.04. The molecule has 0 aliphatic heterocycles. The minimum atomic E-state index is -0.435. The van der Waals surface area contributed by atoms with E-state index in [-0.39, 0.29) is 17.6 Å². The maximum absolute atomic E-state index is 13.4. The van der Waals surface area contributed by atoms with Crippen molar-refractivity contribution in [3.05, 3.63) is 63.6 Å². The second-order valence-corrected chi connectivity index (χ2v) is 5.29. The van der Waals surface area contributed by atoms with Crippen molar-refractivity contribution in [3.63, 3.8) is 0 Å². The van der Waals surface area contributed by atoms with Gasteiger partial charge < -0.3 is 10.5 Å². The van der Waals surface area contributed by atoms with E-state index in [1.807, 2.05) is 0 Å². The van der Waals surface area contributed by atoms with Gasteiger partial charge in [-0.15, -0.1) is 0 Å². The summed E-state index contributed by atoms with van der Waals surface area (Å²) in [6.45, 7) is 0. The molecule has 20 heavy (non-hydrogen) atoms. The Kier molecular flexibility index (Phi) is 4.73. The number of nitrogens with two attached hydrogens (primary N) is 1. The predicted octanol–water partition coefficient (Wildman–Crippen LogP) is 3.98. The van der Waals surface area contributed by atoms with E-state index in [1.54, 1.807) is 18.2 Å². The van der Waals surface area contributed by atoms with Crippen molar-refractivity contribution in [2.45, 2.75) is 12.5 Å². The molecule has 2 aromatic rings. The van der Waals surface area contributed by atoms with Gasteiger partial charge >= 0.3 is 0 Å². The number of halogens is 3. The SMILES string of the molecule is COc1cc(C(N)Cc2cc(F)ccc2Br)ccc1F. The zero-order valence-corrected chi connectivity index (χ0v) is 12.5. The summed E-state index contributed by atoms with van der Waals surface area (Å²) < 4.78 is 32.3. The lowest BCUT2D eigenvalue weighted by molar-refractivity contribution is 0.385. The highest BCUT2D eigenvalue weighted by molar-refractivity contribution is 9.10. The molecule has 0 aliphatic rings. The minimum absolute atomic E-state index is 0.149. The number of methoxy groups -OCH3 is 1. The zero-order chi connectivity index (χ0) is 14.7. The van der Waals surface area contributed by atoms with E-state index in [0.717, 1.165) is 15.6 Å². The predicted molar refractivity (Wildman–Crippen MR) is 77.7 cm³/mol. The second-order valence-electron chi connectivity index (χ2n) is 4.44. The molecule has 0 amide bonds. The number of benzene rings is 2. The van der Waals surface area contributed by atoms with E-state index in [4.69, 9.17) is 10.5 Å². The van der Waals surface area contributed by atoms with Crippen molar-refractivity contribution < 1.29 is 13.5 Å². The molecule has 0 bridgehead atoms. The molecule has 0 saturated carbocycles. The first kappa shape index (κ1) is 14.9. The van der Waals surface area contributed by atoms with E-state index in [1.165, 1.54) is 25.3 Å². The van der Waals surface area contributed by atoms with Gasteiger partial charge in [-0.25, -0.2) is 8.78 Å². The molecule has 1 unspecified atom stereocenters. The molecular formula is C15H14BrF2NO. The zero-order valence-electron chi connectivity index (χ0n) is 10.9. The van der Waals surface area contributed by atoms with E-state index in [9.17, 15) is 8.78 Å². The van der Waals surface area contributed by atoms with Crippen molar-refractivity contribution in [2.75, 3.05) is 7.11 Å². The molecule has 0 fully saturated rings. The van der Waals surface area contributed by atoms with E-state index >= 15 is 0 Å². The van der Waals surface area contributed by atoms with E-state index in [2.05, 4.69) is 15.9 Å². The van der Waals surface area contributed by atoms with Crippen LogP contribution in [0.5, 0.6) is 5.75 Å². The van der Waals surface area contributed by atoms with Crippen LogP contribution in [0.25, 0.3) is 0 Å². The molecule has 0 radical (unpaired) electrons. The third kappa shape index (κ3) is 3.35. The minimum Gasteiger partial charge on any atom is -0.494 e. The quantitative estimate of drug-likeness (QED) is 0.912. The van der Waals surface area contributed by atoms with Gasteiger partial charge in [-0.1, -0.05) is 22.0 Å². The molecule has 2 nitrogen and oxygen atoms in total. The first-order chi connectivity index (χ1) is 9.51. The average Bonchev–Trinajstić information content (AvgIpc) is 2.43. The lowest BCUT2D eigenvalue weighted by Gasteiger charge is -2.14. The Morgan fingerprint density at radius 3 is 2.65 bits per heavy atom. The molecule has 0 aliphatic carbocycles. The molecule has 0 saturated heterocycles. The van der Waals surface area contributed by atoms with Gasteiger partial charge in [-0.2, -0.15) is 0 Å². The van der Waals surface area contributed by atoms with Gasteiger partial charge in [-0.05, 0) is 47.9 Å². The monoisotopic (exact) mass is 341 g/mol. The smallest absolute Gasteiger partial charge is 0.165 e. The van der Waals surface area contributed by atoms with Gasteiger partial charge in [0.15, 0.2) is 11.6 Å². The summed E-state index contributed by atoms with van der Waals surface area (Å²) in [6.07, 6.45) is 0.438. The Morgan fingerprint density at radius 1 is 1.20 bits per heavy atom. The molecule has 106 valence electrons. The van der Waals surface area contributed by atoms with E-state index in [0.29, 0.717) is 6.42 Å². The molecule has 2 rings (SSSR count). The van der Waals surface area contributed by atoms with Crippen LogP contribution >= 0.6 is 15.9 Å². The Bertz CT molecular complexity index is 619. The Morgan fingerprint density at radius 2 is 1.95 bits per heavy atom. The number of hydrogen-bond acceptors (Lipinski definition) is 2. The van der Waals surface area contributed by atoms with Crippen molar-refractivity contribution in [1.29, 1.82) is 0 Å². The first-order valence-corrected chi connectivity index (χ1v) is 6.83. The summed E-state index contributed by atoms with van der Waals surface area (Å²) in [5.74, 6) is -0.598. The van der Waals surface area contributed by atoms with Gasteiger partial charge in [0.2, 0.25) is 0 Å². The van der Waals surface area contributed by atoms with E-state index < -0.39 is 5.82 Å². The summed E-state index contributed by atoms with van der Waals surface area (Å²) in [7, 11) is 1.40. The van der Waals surface area contributed by atoms with Crippen LogP contribution in [-0.2, 0) is 6.42 Å². The maximum Gasteiger partial charge on any atom is 0.165 e. The Hall–Kier alpha value is -1.46. The third-order valence-electron chi connectivity index (χ3n) is 3.05. The highest BCUT2D eigenvalue weighted by atomic mass is 79.9. The standard InChI is InChI=1S/C15H14BrF2NO/c1-20-15-8-9(2-5-13(15)18)14(19)7-10-6-11(17)3-4-12(10)16/h2-6,8,14H,7,19H2,1H3. The molecule has 2 N–H and O–H groups in total. The average molecular weight is 342 g/mol. The second kappa shape index (κ2) is 6.33. The molecule has 1 atom stereocenters. The van der Waals surface area contributed by atoms with Crippen LogP contribution in [0.15, 0.2) is 40.9 Å².